The first-order valence-corrected chi connectivity index (χ1v) is 12.7. The number of carbonyl (C=O) groups is 1. The minimum Gasteiger partial charge on any atom is -0.451 e. The van der Waals surface area contributed by atoms with E-state index in [4.69, 9.17) is 4.42 Å². The van der Waals surface area contributed by atoms with E-state index in [9.17, 15) is 17.6 Å². The van der Waals surface area contributed by atoms with Crippen LogP contribution in [0.3, 0.4) is 0 Å². The SMILES string of the molecule is C[C@@H](NC(=O)[C@]1(C)CC[C@@H](NS(=O)(=O)c2ccc(-c3cocn3)cc2)CC1)c1ccc(F)cc1. The summed E-state index contributed by atoms with van der Waals surface area (Å²) in [6.07, 6.45) is 5.07. The van der Waals surface area contributed by atoms with Gasteiger partial charge in [-0.05, 0) is 62.4 Å². The molecule has 180 valence electrons. The zero-order chi connectivity index (χ0) is 24.3. The molecule has 34 heavy (non-hydrogen) atoms. The van der Waals surface area contributed by atoms with Crippen LogP contribution in [0.4, 0.5) is 4.39 Å². The summed E-state index contributed by atoms with van der Waals surface area (Å²) in [5.41, 5.74) is 1.64. The summed E-state index contributed by atoms with van der Waals surface area (Å²) in [6, 6.07) is 12.1. The van der Waals surface area contributed by atoms with Gasteiger partial charge in [-0.25, -0.2) is 22.5 Å². The van der Waals surface area contributed by atoms with Gasteiger partial charge in [0, 0.05) is 17.0 Å². The van der Waals surface area contributed by atoms with Gasteiger partial charge in [0.15, 0.2) is 6.39 Å². The molecule has 0 unspecified atom stereocenters. The molecule has 0 spiro atoms. The second-order valence-corrected chi connectivity index (χ2v) is 10.8. The largest absolute Gasteiger partial charge is 0.451 e. The van der Waals surface area contributed by atoms with Crippen LogP contribution in [0.2, 0.25) is 0 Å². The van der Waals surface area contributed by atoms with E-state index < -0.39 is 15.4 Å². The van der Waals surface area contributed by atoms with Crippen molar-refractivity contribution < 1.29 is 22.0 Å². The quantitative estimate of drug-likeness (QED) is 0.510. The number of carbonyl (C=O) groups excluding carboxylic acids is 1. The van der Waals surface area contributed by atoms with E-state index in [1.54, 1.807) is 36.4 Å². The molecule has 1 amide bonds. The molecule has 1 atom stereocenters. The lowest BCUT2D eigenvalue weighted by atomic mass is 9.73. The maximum absolute atomic E-state index is 13.2. The Hall–Kier alpha value is -3.04. The van der Waals surface area contributed by atoms with Gasteiger partial charge in [0.2, 0.25) is 15.9 Å². The summed E-state index contributed by atoms with van der Waals surface area (Å²) in [5, 5.41) is 3.02. The van der Waals surface area contributed by atoms with Crippen LogP contribution in [-0.2, 0) is 14.8 Å². The highest BCUT2D eigenvalue weighted by molar-refractivity contribution is 7.89. The molecule has 3 aromatic rings. The number of amides is 1. The van der Waals surface area contributed by atoms with Crippen molar-refractivity contribution in [3.63, 3.8) is 0 Å². The first-order chi connectivity index (χ1) is 16.2. The van der Waals surface area contributed by atoms with Crippen LogP contribution in [0.1, 0.15) is 51.1 Å². The Kier molecular flexibility index (Phi) is 6.86. The van der Waals surface area contributed by atoms with Crippen LogP contribution in [0.25, 0.3) is 11.3 Å². The van der Waals surface area contributed by atoms with Crippen molar-refractivity contribution in [1.29, 1.82) is 0 Å². The van der Waals surface area contributed by atoms with Crippen molar-refractivity contribution in [3.8, 4) is 11.3 Å². The number of nitrogens with zero attached hydrogens (tertiary/aromatic N) is 1. The number of nitrogens with one attached hydrogen (secondary N) is 2. The fraction of sp³-hybridized carbons (Fsp3) is 0.360. The predicted molar refractivity (Wildman–Crippen MR) is 126 cm³/mol. The molecule has 1 fully saturated rings. The van der Waals surface area contributed by atoms with Gasteiger partial charge >= 0.3 is 0 Å². The highest BCUT2D eigenvalue weighted by Gasteiger charge is 2.39. The number of sulfonamides is 1. The molecule has 0 radical (unpaired) electrons. The molecule has 1 aromatic heterocycles. The van der Waals surface area contributed by atoms with Gasteiger partial charge in [0.1, 0.15) is 17.8 Å². The van der Waals surface area contributed by atoms with Gasteiger partial charge in [-0.1, -0.05) is 31.2 Å². The molecular weight excluding hydrogens is 457 g/mol. The van der Waals surface area contributed by atoms with Crippen LogP contribution >= 0.6 is 0 Å². The van der Waals surface area contributed by atoms with Crippen LogP contribution in [-0.4, -0.2) is 25.4 Å². The molecule has 9 heteroatoms. The molecule has 2 aromatic carbocycles. The van der Waals surface area contributed by atoms with Crippen LogP contribution in [0.5, 0.6) is 0 Å². The van der Waals surface area contributed by atoms with Crippen molar-refractivity contribution in [1.82, 2.24) is 15.0 Å². The summed E-state index contributed by atoms with van der Waals surface area (Å²) >= 11 is 0. The molecule has 2 N–H and O–H groups in total. The zero-order valence-electron chi connectivity index (χ0n) is 19.1. The maximum Gasteiger partial charge on any atom is 0.240 e. The standard InChI is InChI=1S/C25H28FN3O4S/c1-17(18-3-7-20(26)8-4-18)28-24(30)25(2)13-11-21(12-14-25)29-34(31,32)22-9-5-19(6-10-22)23-15-33-16-27-23/h3-10,15-17,21,29H,11-14H2,1-2H3,(H,28,30)/t17-,21-,25-/m1/s1. The maximum atomic E-state index is 13.2. The van der Waals surface area contributed by atoms with Crippen LogP contribution in [0.15, 0.2) is 70.5 Å². The van der Waals surface area contributed by atoms with E-state index in [1.165, 1.54) is 24.8 Å². The Morgan fingerprint density at radius 3 is 2.35 bits per heavy atom. The predicted octanol–water partition coefficient (Wildman–Crippen LogP) is 4.59. The second kappa shape index (κ2) is 9.68. The van der Waals surface area contributed by atoms with Crippen molar-refractivity contribution >= 4 is 15.9 Å². The third-order valence-electron chi connectivity index (χ3n) is 6.57. The normalized spacial score (nSPS) is 21.7. The minimum atomic E-state index is -3.69. The van der Waals surface area contributed by atoms with Crippen molar-refractivity contribution in [2.75, 3.05) is 0 Å². The molecular formula is C25H28FN3O4S. The van der Waals surface area contributed by atoms with E-state index in [0.717, 1.165) is 11.1 Å². The number of benzene rings is 2. The Morgan fingerprint density at radius 1 is 1.12 bits per heavy atom. The molecule has 4 rings (SSSR count). The summed E-state index contributed by atoms with van der Waals surface area (Å²) in [4.78, 5) is 17.2. The Balaban J connectivity index is 1.33. The van der Waals surface area contributed by atoms with E-state index in [0.29, 0.717) is 31.4 Å². The highest BCUT2D eigenvalue weighted by Crippen LogP contribution is 2.37. The number of aromatic nitrogens is 1. The lowest BCUT2D eigenvalue weighted by Crippen LogP contribution is -2.46. The van der Waals surface area contributed by atoms with E-state index >= 15 is 0 Å². The third-order valence-corrected chi connectivity index (χ3v) is 8.11. The topological polar surface area (TPSA) is 101 Å². The molecule has 0 aliphatic heterocycles. The van der Waals surface area contributed by atoms with Gasteiger partial charge < -0.3 is 9.73 Å². The van der Waals surface area contributed by atoms with E-state index in [-0.39, 0.29) is 28.7 Å². The number of hydrogen-bond donors (Lipinski definition) is 2. The monoisotopic (exact) mass is 485 g/mol. The van der Waals surface area contributed by atoms with Gasteiger partial charge in [-0.3, -0.25) is 4.79 Å². The van der Waals surface area contributed by atoms with Gasteiger partial charge in [-0.15, -0.1) is 0 Å². The first-order valence-electron chi connectivity index (χ1n) is 11.2. The summed E-state index contributed by atoms with van der Waals surface area (Å²) in [5.74, 6) is -0.394. The molecule has 0 saturated heterocycles. The summed E-state index contributed by atoms with van der Waals surface area (Å²) in [7, 11) is -3.69. The fourth-order valence-corrected chi connectivity index (χ4v) is 5.56. The lowest BCUT2D eigenvalue weighted by Gasteiger charge is -2.37. The Morgan fingerprint density at radius 2 is 1.76 bits per heavy atom. The van der Waals surface area contributed by atoms with Gasteiger partial charge in [-0.2, -0.15) is 0 Å². The molecule has 1 saturated carbocycles. The number of oxazole rings is 1. The van der Waals surface area contributed by atoms with E-state index in [2.05, 4.69) is 15.0 Å². The second-order valence-electron chi connectivity index (χ2n) is 9.10. The number of rotatable bonds is 7. The first kappa shape index (κ1) is 24.1. The summed E-state index contributed by atoms with van der Waals surface area (Å²) < 4.78 is 46.6. The average molecular weight is 486 g/mol. The molecule has 7 nitrogen and oxygen atoms in total. The molecule has 1 aliphatic rings. The number of halogens is 1. The third kappa shape index (κ3) is 5.37. The highest BCUT2D eigenvalue weighted by atomic mass is 32.2. The number of hydrogen-bond acceptors (Lipinski definition) is 5. The molecule has 1 heterocycles. The average Bonchev–Trinajstić information content (AvgIpc) is 3.36. The van der Waals surface area contributed by atoms with Gasteiger partial charge in [0.05, 0.1) is 10.9 Å². The Labute approximate surface area is 198 Å². The van der Waals surface area contributed by atoms with Crippen LogP contribution < -0.4 is 10.0 Å². The van der Waals surface area contributed by atoms with Crippen LogP contribution in [0, 0.1) is 11.2 Å². The molecule has 1 aliphatic carbocycles. The fourth-order valence-electron chi connectivity index (χ4n) is 4.25. The lowest BCUT2D eigenvalue weighted by molar-refractivity contribution is -0.132. The minimum absolute atomic E-state index is 0.0749. The molecule has 0 bridgehead atoms. The van der Waals surface area contributed by atoms with Crippen molar-refractivity contribution in [3.05, 3.63) is 72.6 Å². The van der Waals surface area contributed by atoms with Crippen molar-refractivity contribution in [2.45, 2.75) is 56.5 Å². The van der Waals surface area contributed by atoms with E-state index in [1.807, 2.05) is 13.8 Å². The smallest absolute Gasteiger partial charge is 0.240 e. The summed E-state index contributed by atoms with van der Waals surface area (Å²) in [6.45, 7) is 3.77. The van der Waals surface area contributed by atoms with Crippen molar-refractivity contribution in [2.24, 2.45) is 5.41 Å². The van der Waals surface area contributed by atoms with Gasteiger partial charge in [0.25, 0.3) is 0 Å². The zero-order valence-corrected chi connectivity index (χ0v) is 19.9. The Bertz CT molecular complexity index is 1220.